The van der Waals surface area contributed by atoms with Gasteiger partial charge >= 0.3 is 0 Å². The molecule has 4 heterocycles. The molecule has 1 amide bonds. The average molecular weight is 361 g/mol. The monoisotopic (exact) mass is 361 g/mol. The highest BCUT2D eigenvalue weighted by molar-refractivity contribution is 5.92. The van der Waals surface area contributed by atoms with E-state index in [1.165, 1.54) is 6.42 Å². The van der Waals surface area contributed by atoms with Crippen LogP contribution in [-0.2, 0) is 11.8 Å². The van der Waals surface area contributed by atoms with Crippen molar-refractivity contribution in [1.29, 1.82) is 0 Å². The van der Waals surface area contributed by atoms with Gasteiger partial charge in [0.1, 0.15) is 5.69 Å². The van der Waals surface area contributed by atoms with E-state index in [9.17, 15) is 4.79 Å². The smallest absolute Gasteiger partial charge is 0.272 e. The van der Waals surface area contributed by atoms with Gasteiger partial charge in [0.2, 0.25) is 0 Å². The quantitative estimate of drug-likeness (QED) is 0.792. The molecule has 144 valence electrons. The molecule has 7 heteroatoms. The van der Waals surface area contributed by atoms with E-state index in [0.29, 0.717) is 17.2 Å². The number of ether oxygens (including phenoxy) is 1. The van der Waals surface area contributed by atoms with E-state index in [1.807, 2.05) is 18.0 Å². The fourth-order valence-electron chi connectivity index (χ4n) is 4.96. The van der Waals surface area contributed by atoms with Gasteiger partial charge in [-0.1, -0.05) is 0 Å². The lowest BCUT2D eigenvalue weighted by Gasteiger charge is -2.39. The highest BCUT2D eigenvalue weighted by Crippen LogP contribution is 2.43. The lowest BCUT2D eigenvalue weighted by atomic mass is 9.76. The van der Waals surface area contributed by atoms with E-state index < -0.39 is 0 Å². The zero-order valence-corrected chi connectivity index (χ0v) is 16.1. The van der Waals surface area contributed by atoms with Crippen molar-refractivity contribution in [2.45, 2.75) is 25.3 Å². The van der Waals surface area contributed by atoms with Crippen LogP contribution in [-0.4, -0.2) is 96.0 Å². The van der Waals surface area contributed by atoms with Gasteiger partial charge in [0.15, 0.2) is 0 Å². The molecule has 1 atom stereocenters. The van der Waals surface area contributed by atoms with Crippen LogP contribution in [0.4, 0.5) is 0 Å². The molecule has 0 aliphatic carbocycles. The molecule has 3 saturated heterocycles. The number of hydrogen-bond donors (Lipinski definition) is 0. The molecule has 0 bridgehead atoms. The summed E-state index contributed by atoms with van der Waals surface area (Å²) >= 11 is 0. The topological polar surface area (TPSA) is 53.8 Å². The first kappa shape index (κ1) is 17.9. The number of morpholine rings is 1. The number of likely N-dealkylation sites (tertiary alicyclic amines) is 2. The summed E-state index contributed by atoms with van der Waals surface area (Å²) in [4.78, 5) is 19.8. The zero-order chi connectivity index (χ0) is 18.1. The Kier molecular flexibility index (Phi) is 5.03. The molecule has 0 saturated carbocycles. The van der Waals surface area contributed by atoms with Gasteiger partial charge in [0, 0.05) is 58.6 Å². The van der Waals surface area contributed by atoms with Crippen LogP contribution in [0.1, 0.15) is 29.8 Å². The van der Waals surface area contributed by atoms with Gasteiger partial charge in [0.25, 0.3) is 5.91 Å². The van der Waals surface area contributed by atoms with Crippen molar-refractivity contribution in [2.24, 2.45) is 12.5 Å². The van der Waals surface area contributed by atoms with Crippen LogP contribution in [0.25, 0.3) is 0 Å². The van der Waals surface area contributed by atoms with Crippen LogP contribution in [0.3, 0.4) is 0 Å². The molecule has 4 rings (SSSR count). The lowest BCUT2D eigenvalue weighted by molar-refractivity contribution is 0.0283. The maximum atomic E-state index is 12.7. The first-order valence-corrected chi connectivity index (χ1v) is 9.84. The predicted molar refractivity (Wildman–Crippen MR) is 99.1 cm³/mol. The van der Waals surface area contributed by atoms with Gasteiger partial charge in [-0.15, -0.1) is 0 Å². The van der Waals surface area contributed by atoms with E-state index >= 15 is 0 Å². The van der Waals surface area contributed by atoms with Gasteiger partial charge in [-0.2, -0.15) is 5.10 Å². The maximum Gasteiger partial charge on any atom is 0.272 e. The molecule has 0 aromatic carbocycles. The Hall–Kier alpha value is -1.44. The zero-order valence-electron chi connectivity index (χ0n) is 16.1. The molecule has 0 radical (unpaired) electrons. The minimum atomic E-state index is 0.121. The second-order valence-electron chi connectivity index (χ2n) is 8.32. The number of hydrogen-bond acceptors (Lipinski definition) is 5. The molecule has 1 unspecified atom stereocenters. The molecule has 1 aromatic heterocycles. The minimum absolute atomic E-state index is 0.121. The van der Waals surface area contributed by atoms with Crippen LogP contribution in [0.5, 0.6) is 0 Å². The Morgan fingerprint density at radius 2 is 1.96 bits per heavy atom. The number of rotatable bonds is 3. The number of likely N-dealkylation sites (N-methyl/N-ethyl adjacent to an activating group) is 1. The summed E-state index contributed by atoms with van der Waals surface area (Å²) in [6.07, 6.45) is 5.18. The van der Waals surface area contributed by atoms with Crippen molar-refractivity contribution in [3.8, 4) is 0 Å². The Balaban J connectivity index is 1.33. The van der Waals surface area contributed by atoms with Crippen LogP contribution in [0.2, 0.25) is 0 Å². The fourth-order valence-corrected chi connectivity index (χ4v) is 4.96. The molecular formula is C19H31N5O2. The van der Waals surface area contributed by atoms with Crippen molar-refractivity contribution in [3.63, 3.8) is 0 Å². The summed E-state index contributed by atoms with van der Waals surface area (Å²) in [5.74, 6) is 0.121. The first-order chi connectivity index (χ1) is 12.6. The molecule has 7 nitrogen and oxygen atoms in total. The Bertz CT molecular complexity index is 632. The Labute approximate surface area is 155 Å². The van der Waals surface area contributed by atoms with Gasteiger partial charge in [0.05, 0.1) is 13.2 Å². The van der Waals surface area contributed by atoms with Crippen LogP contribution in [0.15, 0.2) is 12.3 Å². The summed E-state index contributed by atoms with van der Waals surface area (Å²) in [6.45, 7) is 7.90. The third kappa shape index (κ3) is 3.52. The van der Waals surface area contributed by atoms with Crippen molar-refractivity contribution in [2.75, 3.05) is 59.5 Å². The SMILES string of the molecule is CN1CC2(CCN(C(=O)c3ccnn3C)CC2)CC1CN1CCOCC1. The highest BCUT2D eigenvalue weighted by Gasteiger charge is 2.45. The molecule has 3 aliphatic heterocycles. The summed E-state index contributed by atoms with van der Waals surface area (Å²) < 4.78 is 7.15. The van der Waals surface area contributed by atoms with Crippen molar-refractivity contribution in [3.05, 3.63) is 18.0 Å². The second kappa shape index (κ2) is 7.29. The van der Waals surface area contributed by atoms with Crippen LogP contribution in [0, 0.1) is 5.41 Å². The van der Waals surface area contributed by atoms with Crippen molar-refractivity contribution in [1.82, 2.24) is 24.5 Å². The minimum Gasteiger partial charge on any atom is -0.379 e. The molecule has 26 heavy (non-hydrogen) atoms. The fraction of sp³-hybridized carbons (Fsp3) is 0.789. The molecule has 1 aromatic rings. The molecule has 3 fully saturated rings. The van der Waals surface area contributed by atoms with E-state index in [-0.39, 0.29) is 5.91 Å². The molecule has 0 N–H and O–H groups in total. The third-order valence-corrected chi connectivity index (χ3v) is 6.60. The Morgan fingerprint density at radius 1 is 1.23 bits per heavy atom. The predicted octanol–water partition coefficient (Wildman–Crippen LogP) is 0.679. The summed E-state index contributed by atoms with van der Waals surface area (Å²) in [5, 5.41) is 4.13. The number of carbonyl (C=O) groups excluding carboxylic acids is 1. The summed E-state index contributed by atoms with van der Waals surface area (Å²) in [6, 6.07) is 2.45. The van der Waals surface area contributed by atoms with Crippen molar-refractivity contribution >= 4 is 5.91 Å². The number of carbonyl (C=O) groups is 1. The van der Waals surface area contributed by atoms with Crippen molar-refractivity contribution < 1.29 is 9.53 Å². The number of aryl methyl sites for hydroxylation is 1. The normalized spacial score (nSPS) is 27.3. The lowest BCUT2D eigenvalue weighted by Crippen LogP contribution is -2.44. The van der Waals surface area contributed by atoms with E-state index in [4.69, 9.17) is 4.74 Å². The standard InChI is InChI=1S/C19H31N5O2/c1-21-15-19(13-16(21)14-23-9-11-26-12-10-23)4-7-24(8-5-19)18(25)17-3-6-20-22(17)2/h3,6,16H,4-5,7-15H2,1-2H3. The van der Waals surface area contributed by atoms with Crippen LogP contribution < -0.4 is 0 Å². The number of amides is 1. The number of piperidine rings is 1. The van der Waals surface area contributed by atoms with Gasteiger partial charge in [-0.05, 0) is 37.8 Å². The number of nitrogens with zero attached hydrogens (tertiary/aromatic N) is 5. The average Bonchev–Trinajstić information content (AvgIpc) is 3.20. The Morgan fingerprint density at radius 3 is 2.62 bits per heavy atom. The largest absolute Gasteiger partial charge is 0.379 e. The van der Waals surface area contributed by atoms with Gasteiger partial charge < -0.3 is 14.5 Å². The van der Waals surface area contributed by atoms with E-state index in [0.717, 1.165) is 65.3 Å². The maximum absolute atomic E-state index is 12.7. The second-order valence-corrected chi connectivity index (χ2v) is 8.32. The number of aromatic nitrogens is 2. The third-order valence-electron chi connectivity index (χ3n) is 6.60. The van der Waals surface area contributed by atoms with Gasteiger partial charge in [-0.3, -0.25) is 14.4 Å². The first-order valence-electron chi connectivity index (χ1n) is 9.84. The van der Waals surface area contributed by atoms with Gasteiger partial charge in [-0.25, -0.2) is 0 Å². The molecule has 1 spiro atoms. The summed E-state index contributed by atoms with van der Waals surface area (Å²) in [7, 11) is 4.11. The van der Waals surface area contributed by atoms with E-state index in [1.54, 1.807) is 10.9 Å². The highest BCUT2D eigenvalue weighted by atomic mass is 16.5. The molecule has 3 aliphatic rings. The van der Waals surface area contributed by atoms with E-state index in [2.05, 4.69) is 21.9 Å². The van der Waals surface area contributed by atoms with Crippen LogP contribution >= 0.6 is 0 Å². The summed E-state index contributed by atoms with van der Waals surface area (Å²) in [5.41, 5.74) is 1.07. The molecular weight excluding hydrogens is 330 g/mol.